The predicted octanol–water partition coefficient (Wildman–Crippen LogP) is 4.31. The molecule has 0 saturated carbocycles. The van der Waals surface area contributed by atoms with Crippen LogP contribution in [0.3, 0.4) is 0 Å². The minimum atomic E-state index is 0.0884. The molecule has 0 spiro atoms. The first-order valence-electron chi connectivity index (χ1n) is 12.2. The van der Waals surface area contributed by atoms with E-state index in [2.05, 4.69) is 41.1 Å². The van der Waals surface area contributed by atoms with Crippen molar-refractivity contribution >= 4 is 5.69 Å². The Bertz CT molecular complexity index is 1210. The van der Waals surface area contributed by atoms with Gasteiger partial charge in [-0.2, -0.15) is 5.26 Å². The van der Waals surface area contributed by atoms with Crippen LogP contribution in [0.15, 0.2) is 48.7 Å². The molecule has 35 heavy (non-hydrogen) atoms. The quantitative estimate of drug-likeness (QED) is 0.531. The second kappa shape index (κ2) is 10.9. The molecule has 7 nitrogen and oxygen atoms in total. The largest absolute Gasteiger partial charge is 0.489 e. The molecule has 2 aliphatic rings. The summed E-state index contributed by atoms with van der Waals surface area (Å²) in [7, 11) is 0. The average Bonchev–Trinajstić information content (AvgIpc) is 2.90. The van der Waals surface area contributed by atoms with E-state index in [0.29, 0.717) is 30.9 Å². The number of aryl methyl sites for hydroxylation is 1. The molecule has 0 N–H and O–H groups in total. The lowest BCUT2D eigenvalue weighted by Gasteiger charge is -2.30. The normalized spacial score (nSPS) is 16.6. The number of hydrogen-bond donors (Lipinski definition) is 0. The fraction of sp³-hybridized carbons (Fsp3) is 0.393. The van der Waals surface area contributed by atoms with Gasteiger partial charge in [-0.15, -0.1) is 0 Å². The number of aromatic nitrogens is 2. The summed E-state index contributed by atoms with van der Waals surface area (Å²) in [5.74, 6) is 1.37. The van der Waals surface area contributed by atoms with E-state index in [4.69, 9.17) is 19.2 Å². The third-order valence-corrected chi connectivity index (χ3v) is 6.54. The Labute approximate surface area is 206 Å². The van der Waals surface area contributed by atoms with Crippen LogP contribution in [0, 0.1) is 18.3 Å². The van der Waals surface area contributed by atoms with Gasteiger partial charge in [-0.25, -0.2) is 9.97 Å². The molecule has 2 aliphatic heterocycles. The molecule has 0 radical (unpaired) electrons. The first kappa shape index (κ1) is 23.3. The molecule has 2 saturated heterocycles. The van der Waals surface area contributed by atoms with Crippen LogP contribution in [0.1, 0.15) is 35.4 Å². The van der Waals surface area contributed by atoms with E-state index in [1.807, 2.05) is 24.3 Å². The van der Waals surface area contributed by atoms with Crippen molar-refractivity contribution < 1.29 is 14.2 Å². The maximum Gasteiger partial charge on any atom is 0.137 e. The highest BCUT2D eigenvalue weighted by molar-refractivity contribution is 5.64. The van der Waals surface area contributed by atoms with Crippen molar-refractivity contribution in [3.05, 3.63) is 71.2 Å². The van der Waals surface area contributed by atoms with Gasteiger partial charge < -0.3 is 19.1 Å². The first-order valence-corrected chi connectivity index (χ1v) is 12.2. The van der Waals surface area contributed by atoms with Crippen molar-refractivity contribution in [3.63, 3.8) is 0 Å². The predicted molar refractivity (Wildman–Crippen MR) is 134 cm³/mol. The first-order chi connectivity index (χ1) is 17.2. The lowest BCUT2D eigenvalue weighted by Crippen LogP contribution is -2.36. The van der Waals surface area contributed by atoms with E-state index >= 15 is 0 Å². The van der Waals surface area contributed by atoms with Crippen LogP contribution < -0.4 is 9.64 Å². The van der Waals surface area contributed by atoms with E-state index in [9.17, 15) is 5.26 Å². The fourth-order valence-electron chi connectivity index (χ4n) is 4.67. The van der Waals surface area contributed by atoms with Crippen molar-refractivity contribution in [1.82, 2.24) is 9.97 Å². The minimum absolute atomic E-state index is 0.0884. The van der Waals surface area contributed by atoms with Crippen molar-refractivity contribution in [2.75, 3.05) is 44.4 Å². The summed E-state index contributed by atoms with van der Waals surface area (Å²) in [6.07, 6.45) is 4.20. The molecule has 2 fully saturated rings. The lowest BCUT2D eigenvalue weighted by atomic mass is 10.0. The van der Waals surface area contributed by atoms with Gasteiger partial charge in [-0.3, -0.25) is 0 Å². The van der Waals surface area contributed by atoms with Gasteiger partial charge >= 0.3 is 0 Å². The van der Waals surface area contributed by atoms with Crippen LogP contribution in [0.25, 0.3) is 11.3 Å². The van der Waals surface area contributed by atoms with Crippen molar-refractivity contribution in [2.45, 2.75) is 32.3 Å². The second-order valence-electron chi connectivity index (χ2n) is 9.01. The third kappa shape index (κ3) is 5.61. The Morgan fingerprint density at radius 2 is 1.83 bits per heavy atom. The van der Waals surface area contributed by atoms with Gasteiger partial charge in [0.25, 0.3) is 0 Å². The molecule has 5 rings (SSSR count). The second-order valence-corrected chi connectivity index (χ2v) is 9.01. The van der Waals surface area contributed by atoms with Gasteiger partial charge in [-0.05, 0) is 48.4 Å². The maximum atomic E-state index is 9.71. The number of morpholine rings is 1. The minimum Gasteiger partial charge on any atom is -0.489 e. The topological polar surface area (TPSA) is 80.5 Å². The molecule has 2 aromatic carbocycles. The average molecular weight is 471 g/mol. The summed E-state index contributed by atoms with van der Waals surface area (Å²) in [5.41, 5.74) is 5.88. The molecular formula is C28H30N4O3. The Morgan fingerprint density at radius 1 is 1.03 bits per heavy atom. The summed E-state index contributed by atoms with van der Waals surface area (Å²) in [6.45, 7) is 6.95. The van der Waals surface area contributed by atoms with Gasteiger partial charge in [0.05, 0.1) is 37.7 Å². The van der Waals surface area contributed by atoms with E-state index in [0.717, 1.165) is 56.2 Å². The van der Waals surface area contributed by atoms with E-state index in [-0.39, 0.29) is 6.10 Å². The molecule has 0 atom stereocenters. The zero-order valence-electron chi connectivity index (χ0n) is 20.1. The number of nitrogens with zero attached hydrogens (tertiary/aromatic N) is 4. The molecule has 0 bridgehead atoms. The molecule has 0 unspecified atom stereocenters. The fourth-order valence-corrected chi connectivity index (χ4v) is 4.67. The number of ether oxygens (including phenoxy) is 3. The van der Waals surface area contributed by atoms with E-state index in [1.54, 1.807) is 6.20 Å². The lowest BCUT2D eigenvalue weighted by molar-refractivity contribution is 0.0254. The Kier molecular flexibility index (Phi) is 7.22. The van der Waals surface area contributed by atoms with Crippen LogP contribution in [0.5, 0.6) is 5.75 Å². The molecule has 3 heterocycles. The summed E-state index contributed by atoms with van der Waals surface area (Å²) in [6, 6.07) is 16.4. The van der Waals surface area contributed by atoms with Crippen molar-refractivity contribution in [2.24, 2.45) is 0 Å². The zero-order chi connectivity index (χ0) is 24.0. The van der Waals surface area contributed by atoms with Crippen LogP contribution in [-0.2, 0) is 15.9 Å². The van der Waals surface area contributed by atoms with Gasteiger partial charge in [0.15, 0.2) is 0 Å². The van der Waals surface area contributed by atoms with Gasteiger partial charge in [-0.1, -0.05) is 12.1 Å². The summed E-state index contributed by atoms with van der Waals surface area (Å²) >= 11 is 0. The Balaban J connectivity index is 1.31. The van der Waals surface area contributed by atoms with Crippen LogP contribution in [0.2, 0.25) is 0 Å². The highest BCUT2D eigenvalue weighted by Gasteiger charge is 2.18. The summed E-state index contributed by atoms with van der Waals surface area (Å²) in [5, 5.41) is 9.71. The Hall–Kier alpha value is -3.47. The number of rotatable bonds is 6. The van der Waals surface area contributed by atoms with Crippen molar-refractivity contribution in [1.29, 1.82) is 5.26 Å². The summed E-state index contributed by atoms with van der Waals surface area (Å²) in [4.78, 5) is 11.7. The van der Waals surface area contributed by atoms with Gasteiger partial charge in [0.2, 0.25) is 0 Å². The number of hydrogen-bond acceptors (Lipinski definition) is 7. The molecule has 0 aliphatic carbocycles. The molecule has 1 aromatic heterocycles. The number of benzene rings is 2. The number of nitriles is 1. The molecule has 0 amide bonds. The van der Waals surface area contributed by atoms with E-state index < -0.39 is 0 Å². The highest BCUT2D eigenvalue weighted by Crippen LogP contribution is 2.28. The molecular weight excluding hydrogens is 440 g/mol. The molecule has 7 heteroatoms. The molecule has 180 valence electrons. The maximum absolute atomic E-state index is 9.71. The monoisotopic (exact) mass is 470 g/mol. The standard InChI is InChI=1S/C28H30N4O3/c1-20-16-21(2-4-26(20)32-10-14-34-15-11-32)17-28-30-9-6-25(31-28)22-3-5-27(23(18-22)19-29)35-24-7-12-33-13-8-24/h2-6,9,16,18,24H,7-8,10-15,17H2,1H3. The van der Waals surface area contributed by atoms with E-state index in [1.165, 1.54) is 16.8 Å². The third-order valence-electron chi connectivity index (χ3n) is 6.54. The highest BCUT2D eigenvalue weighted by atomic mass is 16.5. The van der Waals surface area contributed by atoms with Crippen LogP contribution >= 0.6 is 0 Å². The van der Waals surface area contributed by atoms with Crippen LogP contribution in [-0.4, -0.2) is 55.6 Å². The number of anilines is 1. The smallest absolute Gasteiger partial charge is 0.137 e. The molecule has 3 aromatic rings. The van der Waals surface area contributed by atoms with Crippen LogP contribution in [0.4, 0.5) is 5.69 Å². The summed E-state index contributed by atoms with van der Waals surface area (Å²) < 4.78 is 17.0. The SMILES string of the molecule is Cc1cc(Cc2nccc(-c3ccc(OC4CCOCC4)c(C#N)c3)n2)ccc1N1CCOCC1. The van der Waals surface area contributed by atoms with Crippen molar-refractivity contribution in [3.8, 4) is 23.1 Å². The van der Waals surface area contributed by atoms with Gasteiger partial charge in [0.1, 0.15) is 23.7 Å². The Morgan fingerprint density at radius 3 is 2.60 bits per heavy atom. The van der Waals surface area contributed by atoms with Gasteiger partial charge in [0, 0.05) is 49.8 Å². The zero-order valence-corrected chi connectivity index (χ0v) is 20.1.